The Morgan fingerprint density at radius 3 is 2.38 bits per heavy atom. The second-order valence-electron chi connectivity index (χ2n) is 10.4. The molecule has 0 aliphatic carbocycles. The molecule has 2 aliphatic rings. The first-order chi connectivity index (χ1) is 19.2. The summed E-state index contributed by atoms with van der Waals surface area (Å²) in [6.45, 7) is 5.57. The Hall–Kier alpha value is -3.92. The minimum Gasteiger partial charge on any atom is -0.484 e. The number of ether oxygens (including phenoxy) is 2. The predicted octanol–water partition coefficient (Wildman–Crippen LogP) is 1.99. The summed E-state index contributed by atoms with van der Waals surface area (Å²) in [5, 5.41) is 8.58. The molecule has 3 atom stereocenters. The number of fused-ring (bicyclic) bond motifs is 13. The molecule has 3 N–H and O–H groups in total. The van der Waals surface area contributed by atoms with Gasteiger partial charge in [-0.05, 0) is 42.5 Å². The molecule has 4 amide bonds. The van der Waals surface area contributed by atoms with Crippen LogP contribution >= 0.6 is 0 Å². The van der Waals surface area contributed by atoms with Crippen molar-refractivity contribution in [1.29, 1.82) is 0 Å². The van der Waals surface area contributed by atoms with E-state index in [0.717, 1.165) is 11.1 Å². The fourth-order valence-corrected chi connectivity index (χ4v) is 4.49. The number of carbonyl (C=O) groups excluding carboxylic acids is 4. The van der Waals surface area contributed by atoms with Crippen LogP contribution in [0.15, 0.2) is 54.6 Å². The summed E-state index contributed by atoms with van der Waals surface area (Å²) >= 11 is 0. The van der Waals surface area contributed by atoms with Crippen LogP contribution in [-0.4, -0.2) is 74.0 Å². The summed E-state index contributed by atoms with van der Waals surface area (Å²) in [6, 6.07) is 14.5. The van der Waals surface area contributed by atoms with Gasteiger partial charge in [0.05, 0.1) is 19.2 Å². The van der Waals surface area contributed by atoms with Gasteiger partial charge in [-0.2, -0.15) is 0 Å². The van der Waals surface area contributed by atoms with Crippen LogP contribution in [0, 0.1) is 5.92 Å². The number of methoxy groups -OCH3 is 1. The molecule has 2 bridgehead atoms. The van der Waals surface area contributed by atoms with Gasteiger partial charge in [-0.15, -0.1) is 0 Å². The highest BCUT2D eigenvalue weighted by Crippen LogP contribution is 2.16. The Bertz CT molecular complexity index is 1140. The van der Waals surface area contributed by atoms with Crippen molar-refractivity contribution in [1.82, 2.24) is 20.9 Å². The van der Waals surface area contributed by atoms with Crippen molar-refractivity contribution in [3.63, 3.8) is 0 Å². The van der Waals surface area contributed by atoms with Crippen LogP contribution in [0.5, 0.6) is 5.75 Å². The van der Waals surface area contributed by atoms with Gasteiger partial charge in [0.25, 0.3) is 5.91 Å². The van der Waals surface area contributed by atoms with E-state index in [1.165, 1.54) is 12.0 Å². The first kappa shape index (κ1) is 30.6. The quantitative estimate of drug-likeness (QED) is 0.430. The molecular weight excluding hydrogens is 512 g/mol. The molecule has 0 fully saturated rings. The summed E-state index contributed by atoms with van der Waals surface area (Å²) in [5.74, 6) is -1.09. The van der Waals surface area contributed by atoms with E-state index in [9.17, 15) is 19.2 Å². The van der Waals surface area contributed by atoms with Gasteiger partial charge in [-0.3, -0.25) is 19.2 Å². The van der Waals surface area contributed by atoms with E-state index in [1.807, 2.05) is 51.1 Å². The van der Waals surface area contributed by atoms with Crippen molar-refractivity contribution >= 4 is 23.6 Å². The molecule has 4 rings (SSSR count). The zero-order chi connectivity index (χ0) is 29.1. The number of rotatable bonds is 8. The SMILES string of the molecule is COCCN1CC(=O)N[C@@H](C(=O)N[C@@H](C)c2ccccc2)Cc2ccc(cc2)OCC(=O)N[C@@H](CC(C)C)C1=O. The lowest BCUT2D eigenvalue weighted by atomic mass is 10.0. The van der Waals surface area contributed by atoms with Gasteiger partial charge in [0.15, 0.2) is 6.61 Å². The lowest BCUT2D eigenvalue weighted by molar-refractivity contribution is -0.141. The van der Waals surface area contributed by atoms with Gasteiger partial charge in [0.2, 0.25) is 17.7 Å². The van der Waals surface area contributed by atoms with Crippen molar-refractivity contribution in [2.24, 2.45) is 5.92 Å². The zero-order valence-electron chi connectivity index (χ0n) is 23.6. The second kappa shape index (κ2) is 15.0. The monoisotopic (exact) mass is 552 g/mol. The first-order valence-electron chi connectivity index (χ1n) is 13.6. The average molecular weight is 553 g/mol. The number of nitrogens with zero attached hydrogens (tertiary/aromatic N) is 1. The second-order valence-corrected chi connectivity index (χ2v) is 10.4. The highest BCUT2D eigenvalue weighted by Gasteiger charge is 2.30. The maximum atomic E-state index is 13.5. The molecule has 216 valence electrons. The van der Waals surface area contributed by atoms with Crippen LogP contribution in [0.1, 0.15) is 44.4 Å². The van der Waals surface area contributed by atoms with Gasteiger partial charge in [0, 0.05) is 20.1 Å². The van der Waals surface area contributed by atoms with Crippen LogP contribution < -0.4 is 20.7 Å². The minimum atomic E-state index is -0.885. The van der Waals surface area contributed by atoms with E-state index in [2.05, 4.69) is 16.0 Å². The third-order valence-corrected chi connectivity index (χ3v) is 6.60. The van der Waals surface area contributed by atoms with Gasteiger partial charge in [-0.25, -0.2) is 0 Å². The van der Waals surface area contributed by atoms with E-state index in [1.54, 1.807) is 24.3 Å². The number of hydrogen-bond acceptors (Lipinski definition) is 6. The van der Waals surface area contributed by atoms with Gasteiger partial charge < -0.3 is 30.3 Å². The Morgan fingerprint density at radius 2 is 1.73 bits per heavy atom. The molecule has 2 heterocycles. The Morgan fingerprint density at radius 1 is 1.02 bits per heavy atom. The topological polar surface area (TPSA) is 126 Å². The normalized spacial score (nSPS) is 19.5. The maximum Gasteiger partial charge on any atom is 0.258 e. The van der Waals surface area contributed by atoms with Crippen LogP contribution in [0.2, 0.25) is 0 Å². The molecule has 10 nitrogen and oxygen atoms in total. The largest absolute Gasteiger partial charge is 0.484 e. The molecular formula is C30H40N4O6. The van der Waals surface area contributed by atoms with E-state index in [-0.39, 0.29) is 50.6 Å². The third kappa shape index (κ3) is 9.37. The van der Waals surface area contributed by atoms with Crippen molar-refractivity contribution in [3.8, 4) is 5.75 Å². The summed E-state index contributed by atoms with van der Waals surface area (Å²) in [5.41, 5.74) is 1.73. The van der Waals surface area contributed by atoms with E-state index >= 15 is 0 Å². The molecule has 0 saturated carbocycles. The fraction of sp³-hybridized carbons (Fsp3) is 0.467. The molecule has 2 aromatic rings. The van der Waals surface area contributed by atoms with E-state index < -0.39 is 29.8 Å². The third-order valence-electron chi connectivity index (χ3n) is 6.60. The standard InChI is InChI=1S/C30H40N4O6/c1-20(2)16-26-30(38)34(14-15-39-4)18-27(35)32-25(29(37)31-21(3)23-8-6-5-7-9-23)17-22-10-12-24(13-11-22)40-19-28(36)33-26/h5-13,20-21,25-26H,14-19H2,1-4H3,(H,31,37)(H,32,35)(H,33,36)/t21-,25+,26-/m0/s1. The smallest absolute Gasteiger partial charge is 0.258 e. The van der Waals surface area contributed by atoms with E-state index in [0.29, 0.717) is 12.2 Å². The summed E-state index contributed by atoms with van der Waals surface area (Å²) in [6.07, 6.45) is 0.606. The lowest BCUT2D eigenvalue weighted by Gasteiger charge is -2.29. The summed E-state index contributed by atoms with van der Waals surface area (Å²) in [7, 11) is 1.51. The molecule has 0 radical (unpaired) electrons. The zero-order valence-corrected chi connectivity index (χ0v) is 23.6. The highest BCUT2D eigenvalue weighted by atomic mass is 16.5. The molecule has 2 aliphatic heterocycles. The number of benzene rings is 2. The van der Waals surface area contributed by atoms with Gasteiger partial charge in [-0.1, -0.05) is 56.3 Å². The Balaban J connectivity index is 1.89. The molecule has 2 aromatic carbocycles. The predicted molar refractivity (Wildman–Crippen MR) is 150 cm³/mol. The van der Waals surface area contributed by atoms with Crippen molar-refractivity contribution < 1.29 is 28.7 Å². The van der Waals surface area contributed by atoms with Crippen molar-refractivity contribution in [3.05, 3.63) is 65.7 Å². The Labute approximate surface area is 235 Å². The summed E-state index contributed by atoms with van der Waals surface area (Å²) in [4.78, 5) is 54.2. The number of hydrogen-bond donors (Lipinski definition) is 3. The minimum absolute atomic E-state index is 0.103. The average Bonchev–Trinajstić information content (AvgIpc) is 2.93. The molecule has 0 saturated heterocycles. The fourth-order valence-electron chi connectivity index (χ4n) is 4.49. The summed E-state index contributed by atoms with van der Waals surface area (Å²) < 4.78 is 10.8. The molecule has 40 heavy (non-hydrogen) atoms. The number of nitrogens with one attached hydrogen (secondary N) is 3. The molecule has 0 aromatic heterocycles. The lowest BCUT2D eigenvalue weighted by Crippen LogP contribution is -2.55. The first-order valence-corrected chi connectivity index (χ1v) is 13.6. The molecule has 0 spiro atoms. The number of amides is 4. The van der Waals surface area contributed by atoms with Crippen LogP contribution in [0.3, 0.4) is 0 Å². The van der Waals surface area contributed by atoms with Crippen LogP contribution in [0.25, 0.3) is 0 Å². The van der Waals surface area contributed by atoms with Crippen molar-refractivity contribution in [2.45, 2.75) is 51.7 Å². The van der Waals surface area contributed by atoms with Crippen LogP contribution in [-0.2, 0) is 30.3 Å². The van der Waals surface area contributed by atoms with Crippen molar-refractivity contribution in [2.75, 3.05) is 33.4 Å². The van der Waals surface area contributed by atoms with Crippen LogP contribution in [0.4, 0.5) is 0 Å². The molecule has 10 heteroatoms. The van der Waals surface area contributed by atoms with Gasteiger partial charge in [0.1, 0.15) is 17.8 Å². The van der Waals surface area contributed by atoms with Gasteiger partial charge >= 0.3 is 0 Å². The molecule has 0 unspecified atom stereocenters. The highest BCUT2D eigenvalue weighted by molar-refractivity contribution is 5.93. The maximum absolute atomic E-state index is 13.5. The Kier molecular flexibility index (Phi) is 11.5. The van der Waals surface area contributed by atoms with E-state index in [4.69, 9.17) is 9.47 Å². The number of carbonyl (C=O) groups is 4.